The van der Waals surface area contributed by atoms with E-state index < -0.39 is 18.4 Å². The monoisotopic (exact) mass is 256 g/mol. The first-order valence-electron chi connectivity index (χ1n) is 4.42. The quantitative estimate of drug-likeness (QED) is 0.508. The molecule has 0 spiro atoms. The fourth-order valence-electron chi connectivity index (χ4n) is 1.05. The van der Waals surface area contributed by atoms with Gasteiger partial charge in [-0.2, -0.15) is 0 Å². The minimum absolute atomic E-state index is 0. The molecule has 0 aliphatic carbocycles. The maximum atomic E-state index is 12.2. The molecule has 0 bridgehead atoms. The summed E-state index contributed by atoms with van der Waals surface area (Å²) in [5.74, 6) is -0.612. The minimum atomic E-state index is -5.00. The topological polar surface area (TPSA) is 26.3 Å². The summed E-state index contributed by atoms with van der Waals surface area (Å²) in [5.41, 5.74) is -0.594. The van der Waals surface area contributed by atoms with Crippen molar-refractivity contribution >= 4 is 18.4 Å². The maximum absolute atomic E-state index is 12.2. The summed E-state index contributed by atoms with van der Waals surface area (Å²) in [4.78, 5) is 11.1. The fourth-order valence-corrected chi connectivity index (χ4v) is 1.05. The minimum Gasteiger partial charge on any atom is -0.462 e. The number of hydrogen-bond donors (Lipinski definition) is 0. The van der Waals surface area contributed by atoms with Gasteiger partial charge in [0.2, 0.25) is 0 Å². The van der Waals surface area contributed by atoms with Gasteiger partial charge in [-0.3, -0.25) is 0 Å². The Hall–Kier alpha value is 0.181. The van der Waals surface area contributed by atoms with Crippen molar-refractivity contribution in [3.63, 3.8) is 0 Å². The molecule has 2 nitrogen and oxygen atoms in total. The van der Waals surface area contributed by atoms with E-state index in [0.29, 0.717) is 0 Å². The van der Waals surface area contributed by atoms with E-state index >= 15 is 0 Å². The number of carbonyl (C=O) groups excluding carboxylic acids is 1. The number of hydrogen-bond acceptors (Lipinski definition) is 2. The molecule has 16 heavy (non-hydrogen) atoms. The van der Waals surface area contributed by atoms with Crippen LogP contribution in [-0.2, 0) is 4.74 Å². The van der Waals surface area contributed by atoms with E-state index in [-0.39, 0.29) is 63.6 Å². The molecular weight excluding hydrogens is 247 g/mol. The van der Waals surface area contributed by atoms with Crippen molar-refractivity contribution in [2.45, 2.75) is 6.92 Å². The van der Waals surface area contributed by atoms with E-state index in [2.05, 4.69) is 4.74 Å². The molecule has 0 atom stereocenters. The number of esters is 1. The Bertz CT molecular complexity index is 351. The van der Waals surface area contributed by atoms with Crippen molar-refractivity contribution < 1.29 is 73.9 Å². The molecule has 0 aliphatic rings. The summed E-state index contributed by atoms with van der Waals surface area (Å²) in [6.45, 7) is -3.17. The van der Waals surface area contributed by atoms with Crippen LogP contribution in [0.5, 0.6) is 0 Å². The Morgan fingerprint density at radius 1 is 1.25 bits per heavy atom. The average molecular weight is 256 g/mol. The normalized spacial score (nSPS) is 10.5. The second-order valence-electron chi connectivity index (χ2n) is 2.92. The molecular formula is C9H9BF3KO2. The molecule has 0 saturated heterocycles. The Kier molecular flexibility index (Phi) is 6.88. The van der Waals surface area contributed by atoms with Crippen LogP contribution in [0.4, 0.5) is 12.9 Å². The molecule has 7 heteroatoms. The van der Waals surface area contributed by atoms with Gasteiger partial charge in [-0.05, 0) is 6.92 Å². The van der Waals surface area contributed by atoms with Crippen LogP contribution < -0.4 is 56.8 Å². The first-order chi connectivity index (χ1) is 6.95. The zero-order valence-electron chi connectivity index (χ0n) is 9.04. The van der Waals surface area contributed by atoms with Gasteiger partial charge in [0.05, 0.1) is 12.2 Å². The second-order valence-corrected chi connectivity index (χ2v) is 2.92. The third kappa shape index (κ3) is 4.59. The summed E-state index contributed by atoms with van der Waals surface area (Å²) >= 11 is 0. The SMILES string of the molecule is CCOC(=O)c1ccc([B-](F)(F)F)cc1.[K+]. The molecule has 0 saturated carbocycles. The Morgan fingerprint density at radius 2 is 1.75 bits per heavy atom. The Balaban J connectivity index is 0.00000225. The van der Waals surface area contributed by atoms with Crippen LogP contribution in [0, 0.1) is 0 Å². The van der Waals surface area contributed by atoms with Crippen LogP contribution in [0.2, 0.25) is 0 Å². The van der Waals surface area contributed by atoms with Crippen LogP contribution in [-0.4, -0.2) is 19.6 Å². The van der Waals surface area contributed by atoms with E-state index in [9.17, 15) is 17.7 Å². The van der Waals surface area contributed by atoms with E-state index in [1.807, 2.05) is 0 Å². The van der Waals surface area contributed by atoms with Crippen molar-refractivity contribution in [3.8, 4) is 0 Å². The first kappa shape index (κ1) is 16.2. The van der Waals surface area contributed by atoms with Crippen molar-refractivity contribution in [2.24, 2.45) is 0 Å². The molecule has 82 valence electrons. The van der Waals surface area contributed by atoms with Crippen LogP contribution in [0.1, 0.15) is 17.3 Å². The van der Waals surface area contributed by atoms with Gasteiger partial charge in [0, 0.05) is 0 Å². The number of carbonyl (C=O) groups is 1. The molecule has 1 aromatic rings. The van der Waals surface area contributed by atoms with Gasteiger partial charge >= 0.3 is 64.3 Å². The summed E-state index contributed by atoms with van der Waals surface area (Å²) in [7, 11) is 0. The van der Waals surface area contributed by atoms with Gasteiger partial charge in [-0.15, -0.1) is 5.46 Å². The largest absolute Gasteiger partial charge is 1.00 e. The van der Waals surface area contributed by atoms with Crippen LogP contribution in [0.15, 0.2) is 24.3 Å². The fraction of sp³-hybridized carbons (Fsp3) is 0.222. The van der Waals surface area contributed by atoms with Gasteiger partial charge < -0.3 is 17.7 Å². The van der Waals surface area contributed by atoms with E-state index in [1.165, 1.54) is 0 Å². The number of halogens is 3. The van der Waals surface area contributed by atoms with Crippen molar-refractivity contribution in [3.05, 3.63) is 29.8 Å². The predicted octanol–water partition coefficient (Wildman–Crippen LogP) is -1.08. The molecule has 1 aromatic carbocycles. The summed E-state index contributed by atoms with van der Waals surface area (Å²) in [5, 5.41) is 0. The zero-order chi connectivity index (χ0) is 11.5. The van der Waals surface area contributed by atoms with Gasteiger partial charge in [0.15, 0.2) is 0 Å². The molecule has 0 aliphatic heterocycles. The molecule has 0 amide bonds. The van der Waals surface area contributed by atoms with Crippen molar-refractivity contribution in [1.82, 2.24) is 0 Å². The summed E-state index contributed by atoms with van der Waals surface area (Å²) < 4.78 is 41.3. The molecule has 0 N–H and O–H groups in total. The summed E-state index contributed by atoms with van der Waals surface area (Å²) in [6, 6.07) is 3.99. The average Bonchev–Trinajstić information content (AvgIpc) is 2.17. The molecule has 1 rings (SSSR count). The van der Waals surface area contributed by atoms with Gasteiger partial charge in [0.1, 0.15) is 0 Å². The number of rotatable bonds is 3. The van der Waals surface area contributed by atoms with Gasteiger partial charge in [-0.1, -0.05) is 24.3 Å². The Labute approximate surface area is 134 Å². The third-order valence-corrected chi connectivity index (χ3v) is 1.80. The molecule has 0 fully saturated rings. The van der Waals surface area contributed by atoms with E-state index in [0.717, 1.165) is 24.3 Å². The number of ether oxygens (including phenoxy) is 1. The second kappa shape index (κ2) is 6.81. The van der Waals surface area contributed by atoms with Gasteiger partial charge in [0.25, 0.3) is 0 Å². The van der Waals surface area contributed by atoms with Crippen LogP contribution in [0.3, 0.4) is 0 Å². The molecule has 0 radical (unpaired) electrons. The van der Waals surface area contributed by atoms with Gasteiger partial charge in [-0.25, -0.2) is 4.79 Å². The molecule has 0 heterocycles. The third-order valence-electron chi connectivity index (χ3n) is 1.80. The number of benzene rings is 1. The van der Waals surface area contributed by atoms with Crippen molar-refractivity contribution in [2.75, 3.05) is 6.61 Å². The standard InChI is InChI=1S/C9H9BF3O2.K/c1-2-15-9(14)7-3-5-8(6-4-7)10(11,12)13;/h3-6H,2H2,1H3;/q-1;+1. The van der Waals surface area contributed by atoms with Crippen LogP contribution in [0.25, 0.3) is 0 Å². The van der Waals surface area contributed by atoms with E-state index in [1.54, 1.807) is 6.92 Å². The molecule has 0 aromatic heterocycles. The summed E-state index contributed by atoms with van der Waals surface area (Å²) in [6.07, 6.45) is 0. The van der Waals surface area contributed by atoms with Crippen molar-refractivity contribution in [1.29, 1.82) is 0 Å². The predicted molar refractivity (Wildman–Crippen MR) is 51.1 cm³/mol. The Morgan fingerprint density at radius 3 is 2.12 bits per heavy atom. The zero-order valence-corrected chi connectivity index (χ0v) is 12.2. The van der Waals surface area contributed by atoms with E-state index in [4.69, 9.17) is 0 Å². The molecule has 0 unspecified atom stereocenters. The smallest absolute Gasteiger partial charge is 0.462 e. The van der Waals surface area contributed by atoms with Crippen LogP contribution >= 0.6 is 0 Å². The first-order valence-corrected chi connectivity index (χ1v) is 4.42. The maximum Gasteiger partial charge on any atom is 1.00 e.